The van der Waals surface area contributed by atoms with Gasteiger partial charge in [0.15, 0.2) is 0 Å². The Bertz CT molecular complexity index is 777. The number of carboxylic acid groups (broad SMARTS) is 1. The highest BCUT2D eigenvalue weighted by molar-refractivity contribution is 5.66. The minimum Gasteiger partial charge on any atom is -0.481 e. The van der Waals surface area contributed by atoms with Crippen LogP contribution < -0.4 is 0 Å². The Morgan fingerprint density at radius 1 is 1.00 bits per heavy atom. The van der Waals surface area contributed by atoms with Crippen molar-refractivity contribution in [2.75, 3.05) is 0 Å². The Morgan fingerprint density at radius 2 is 1.73 bits per heavy atom. The number of rotatable bonds is 11. The first kappa shape index (κ1) is 30.3. The van der Waals surface area contributed by atoms with Gasteiger partial charge in [0.05, 0.1) is 0 Å². The molecule has 0 aromatic heterocycles. The van der Waals surface area contributed by atoms with E-state index in [0.29, 0.717) is 23.2 Å². The third kappa shape index (κ3) is 7.25. The summed E-state index contributed by atoms with van der Waals surface area (Å²) in [5, 5.41) is 9.09. The van der Waals surface area contributed by atoms with E-state index in [4.69, 9.17) is 11.5 Å². The van der Waals surface area contributed by atoms with Crippen molar-refractivity contribution in [1.82, 2.24) is 0 Å². The summed E-state index contributed by atoms with van der Waals surface area (Å²) in [5.41, 5.74) is 0.913. The molecule has 3 saturated carbocycles. The van der Waals surface area contributed by atoms with Gasteiger partial charge in [-0.2, -0.15) is 0 Å². The van der Waals surface area contributed by atoms with E-state index in [9.17, 15) is 4.79 Å². The summed E-state index contributed by atoms with van der Waals surface area (Å²) >= 11 is 0. The summed E-state index contributed by atoms with van der Waals surface area (Å²) < 4.78 is 0. The van der Waals surface area contributed by atoms with Crippen molar-refractivity contribution in [3.63, 3.8) is 0 Å². The van der Waals surface area contributed by atoms with E-state index >= 15 is 0 Å². The van der Waals surface area contributed by atoms with Crippen LogP contribution in [0.5, 0.6) is 0 Å². The summed E-state index contributed by atoms with van der Waals surface area (Å²) in [6.45, 7) is 9.73. The van der Waals surface area contributed by atoms with Crippen LogP contribution in [0, 0.1) is 58.7 Å². The molecule has 1 unspecified atom stereocenters. The lowest BCUT2D eigenvalue weighted by Crippen LogP contribution is -2.52. The molecular weight excluding hydrogens is 452 g/mol. The molecule has 0 spiro atoms. The molecule has 0 aromatic rings. The van der Waals surface area contributed by atoms with E-state index in [1.807, 2.05) is 0 Å². The van der Waals surface area contributed by atoms with Gasteiger partial charge in [-0.1, -0.05) is 78.4 Å². The second-order valence-electron chi connectivity index (χ2n) is 13.7. The molecule has 0 heterocycles. The molecule has 0 bridgehead atoms. The lowest BCUT2D eigenvalue weighted by Gasteiger charge is -2.59. The highest BCUT2D eigenvalue weighted by Gasteiger charge is 2.59. The maximum Gasteiger partial charge on any atom is 0.303 e. The van der Waals surface area contributed by atoms with E-state index in [1.54, 1.807) is 0 Å². The number of carboxylic acids is 1. The largest absolute Gasteiger partial charge is 0.481 e. The Morgan fingerprint density at radius 3 is 2.43 bits per heavy atom. The number of terminal acetylenes is 1. The number of unbranched alkanes of at least 4 members (excludes halogenated alkanes) is 7. The molecule has 210 valence electrons. The number of allylic oxidation sites excluding steroid dienone is 2. The zero-order valence-corrected chi connectivity index (χ0v) is 24.8. The van der Waals surface area contributed by atoms with Crippen LogP contribution in [0.3, 0.4) is 0 Å². The summed E-state index contributed by atoms with van der Waals surface area (Å²) in [6, 6.07) is 0. The van der Waals surface area contributed by atoms with Gasteiger partial charge in [-0.3, -0.25) is 4.79 Å². The predicted octanol–water partition coefficient (Wildman–Crippen LogP) is 10.1. The molecular formula is C35H58O2. The average Bonchev–Trinajstić information content (AvgIpc) is 3.24. The fraction of sp³-hybridized carbons (Fsp3) is 0.857. The van der Waals surface area contributed by atoms with Crippen LogP contribution in [-0.4, -0.2) is 11.1 Å². The van der Waals surface area contributed by atoms with Crippen molar-refractivity contribution < 1.29 is 9.90 Å². The number of carbonyl (C=O) groups is 1. The Labute approximate surface area is 229 Å². The highest BCUT2D eigenvalue weighted by atomic mass is 16.4. The topological polar surface area (TPSA) is 37.3 Å². The number of hydrogen-bond donors (Lipinski definition) is 1. The van der Waals surface area contributed by atoms with Crippen molar-refractivity contribution in [3.8, 4) is 12.3 Å². The van der Waals surface area contributed by atoms with Crippen LogP contribution in [0.15, 0.2) is 12.2 Å². The molecule has 0 aliphatic heterocycles. The molecule has 3 fully saturated rings. The number of hydrogen-bond acceptors (Lipinski definition) is 1. The van der Waals surface area contributed by atoms with E-state index in [2.05, 4.69) is 45.8 Å². The quantitative estimate of drug-likeness (QED) is 0.170. The van der Waals surface area contributed by atoms with Gasteiger partial charge in [0.2, 0.25) is 0 Å². The van der Waals surface area contributed by atoms with Crippen molar-refractivity contribution in [1.29, 1.82) is 0 Å². The number of aliphatic carboxylic acids is 1. The second kappa shape index (κ2) is 14.2. The summed E-state index contributed by atoms with van der Waals surface area (Å²) in [6.07, 6.45) is 33.0. The fourth-order valence-corrected chi connectivity index (χ4v) is 9.53. The lowest BCUT2D eigenvalue weighted by atomic mass is 9.45. The fourth-order valence-electron chi connectivity index (χ4n) is 9.53. The van der Waals surface area contributed by atoms with E-state index in [0.717, 1.165) is 42.4 Å². The molecule has 2 heteroatoms. The standard InChI is InChI=1S/C24H38O2.C11H20/c1-16(7-12-22(25)26)19-10-11-20-18-9-8-17-6-4-5-14-23(17,2)21(18)13-15-24(19,20)3;1-3-5-7-9-11-10-8-6-4-2/h5,14,16-21H,4,6-13,15H2,1-3H3,(H,25,26);1H,4-11H2,2H3/t16-,17?,18+,19-,20+,21+,23+,24-;/m1./s1. The summed E-state index contributed by atoms with van der Waals surface area (Å²) in [5.74, 6) is 6.94. The first-order chi connectivity index (χ1) is 17.8. The molecule has 0 amide bonds. The number of fused-ring (bicyclic) bond motifs is 5. The summed E-state index contributed by atoms with van der Waals surface area (Å²) in [4.78, 5) is 11.0. The first-order valence-corrected chi connectivity index (χ1v) is 16.1. The Hall–Kier alpha value is -1.23. The van der Waals surface area contributed by atoms with Crippen molar-refractivity contribution in [2.24, 2.45) is 46.3 Å². The van der Waals surface area contributed by atoms with Gasteiger partial charge >= 0.3 is 5.97 Å². The maximum absolute atomic E-state index is 11.0. The smallest absolute Gasteiger partial charge is 0.303 e. The molecule has 4 rings (SSSR count). The third-order valence-electron chi connectivity index (χ3n) is 11.6. The van der Waals surface area contributed by atoms with Gasteiger partial charge in [-0.15, -0.1) is 12.3 Å². The molecule has 2 nitrogen and oxygen atoms in total. The van der Waals surface area contributed by atoms with Crippen LogP contribution in [-0.2, 0) is 4.79 Å². The maximum atomic E-state index is 11.0. The first-order valence-electron chi connectivity index (χ1n) is 16.1. The molecule has 4 aliphatic carbocycles. The van der Waals surface area contributed by atoms with Crippen molar-refractivity contribution >= 4 is 5.97 Å². The van der Waals surface area contributed by atoms with Crippen LogP contribution in [0.4, 0.5) is 0 Å². The van der Waals surface area contributed by atoms with Gasteiger partial charge in [0.1, 0.15) is 0 Å². The minimum absolute atomic E-state index is 0.342. The molecule has 0 saturated heterocycles. The summed E-state index contributed by atoms with van der Waals surface area (Å²) in [7, 11) is 0. The van der Waals surface area contributed by atoms with Crippen molar-refractivity contribution in [3.05, 3.63) is 12.2 Å². The minimum atomic E-state index is -0.629. The Balaban J connectivity index is 0.000000295. The zero-order chi connectivity index (χ0) is 26.9. The molecule has 0 radical (unpaired) electrons. The SMILES string of the molecule is C#CCCCCCCCCC.C[C@H](CCC(=O)O)[C@H]1CC[C@H]2[C@@H]3CCC4CCC=C[C@]4(C)[C@H]3CC[C@]12C. The molecule has 0 aromatic carbocycles. The van der Waals surface area contributed by atoms with E-state index < -0.39 is 5.97 Å². The predicted molar refractivity (Wildman–Crippen MR) is 157 cm³/mol. The van der Waals surface area contributed by atoms with Crippen LogP contribution in [0.25, 0.3) is 0 Å². The molecule has 37 heavy (non-hydrogen) atoms. The Kier molecular flexibility index (Phi) is 11.7. The van der Waals surface area contributed by atoms with E-state index in [1.165, 1.54) is 96.3 Å². The van der Waals surface area contributed by atoms with E-state index in [-0.39, 0.29) is 0 Å². The van der Waals surface area contributed by atoms with Crippen LogP contribution in [0.2, 0.25) is 0 Å². The third-order valence-corrected chi connectivity index (χ3v) is 11.6. The average molecular weight is 511 g/mol. The van der Waals surface area contributed by atoms with Gasteiger partial charge in [0, 0.05) is 12.8 Å². The zero-order valence-electron chi connectivity index (χ0n) is 24.8. The van der Waals surface area contributed by atoms with Gasteiger partial charge < -0.3 is 5.11 Å². The van der Waals surface area contributed by atoms with Gasteiger partial charge in [-0.25, -0.2) is 0 Å². The second-order valence-corrected chi connectivity index (χ2v) is 13.7. The van der Waals surface area contributed by atoms with Crippen LogP contribution >= 0.6 is 0 Å². The van der Waals surface area contributed by atoms with Gasteiger partial charge in [0.25, 0.3) is 0 Å². The highest BCUT2D eigenvalue weighted by Crippen LogP contribution is 2.67. The normalized spacial score (nSPS) is 36.8. The molecule has 8 atom stereocenters. The lowest BCUT2D eigenvalue weighted by molar-refractivity contribution is -0.137. The van der Waals surface area contributed by atoms with Crippen LogP contribution in [0.1, 0.15) is 143 Å². The monoisotopic (exact) mass is 510 g/mol. The molecule has 1 N–H and O–H groups in total. The van der Waals surface area contributed by atoms with Crippen molar-refractivity contribution in [2.45, 2.75) is 143 Å². The molecule has 4 aliphatic rings. The van der Waals surface area contributed by atoms with Gasteiger partial charge in [-0.05, 0) is 111 Å².